The first kappa shape index (κ1) is 19.7. The number of aromatic nitrogens is 2. The molecule has 2 aromatic carbocycles. The molecular formula is C22H18Cl2FN3O. The van der Waals surface area contributed by atoms with Crippen LogP contribution in [0.5, 0.6) is 0 Å². The van der Waals surface area contributed by atoms with E-state index in [-0.39, 0.29) is 11.7 Å². The van der Waals surface area contributed by atoms with Crippen LogP contribution in [0.1, 0.15) is 40.2 Å². The van der Waals surface area contributed by atoms with Crippen molar-refractivity contribution in [3.05, 3.63) is 80.8 Å². The minimum atomic E-state index is -0.281. The Morgan fingerprint density at radius 2 is 1.93 bits per heavy atom. The number of carbonyl (C=O) groups excluding carboxylic acids is 1. The molecule has 1 aliphatic carbocycles. The lowest BCUT2D eigenvalue weighted by Gasteiger charge is -2.19. The van der Waals surface area contributed by atoms with E-state index in [9.17, 15) is 9.18 Å². The molecular weight excluding hydrogens is 412 g/mol. The van der Waals surface area contributed by atoms with Gasteiger partial charge >= 0.3 is 0 Å². The quantitative estimate of drug-likeness (QED) is 0.592. The van der Waals surface area contributed by atoms with Crippen LogP contribution in [-0.2, 0) is 6.42 Å². The summed E-state index contributed by atoms with van der Waals surface area (Å²) in [6.45, 7) is 0. The highest BCUT2D eigenvalue weighted by atomic mass is 35.5. The van der Waals surface area contributed by atoms with Crippen molar-refractivity contribution in [2.45, 2.75) is 19.3 Å². The van der Waals surface area contributed by atoms with E-state index in [1.54, 1.807) is 42.1 Å². The Morgan fingerprint density at radius 3 is 2.62 bits per heavy atom. The van der Waals surface area contributed by atoms with Crippen LogP contribution in [-0.4, -0.2) is 22.7 Å². The minimum absolute atomic E-state index is 0.242. The highest BCUT2D eigenvalue weighted by Gasteiger charge is 2.28. The molecule has 0 bridgehead atoms. The number of amides is 1. The lowest BCUT2D eigenvalue weighted by molar-refractivity contribution is 0.0957. The number of fused-ring (bicyclic) bond motifs is 1. The van der Waals surface area contributed by atoms with Gasteiger partial charge in [-0.1, -0.05) is 35.3 Å². The first-order chi connectivity index (χ1) is 14.0. The zero-order valence-corrected chi connectivity index (χ0v) is 17.2. The Balaban J connectivity index is 1.94. The molecule has 1 N–H and O–H groups in total. The van der Waals surface area contributed by atoms with E-state index in [1.807, 2.05) is 6.08 Å². The van der Waals surface area contributed by atoms with E-state index in [0.29, 0.717) is 21.4 Å². The number of hydrogen-bond donors (Lipinski definition) is 1. The third kappa shape index (κ3) is 3.80. The van der Waals surface area contributed by atoms with Gasteiger partial charge in [0.2, 0.25) is 0 Å². The lowest BCUT2D eigenvalue weighted by Crippen LogP contribution is -2.20. The van der Waals surface area contributed by atoms with Crippen LogP contribution in [0.2, 0.25) is 10.0 Å². The predicted molar refractivity (Wildman–Crippen MR) is 114 cm³/mol. The first-order valence-corrected chi connectivity index (χ1v) is 9.99. The average Bonchev–Trinajstić information content (AvgIpc) is 3.09. The molecule has 0 saturated carbocycles. The highest BCUT2D eigenvalue weighted by molar-refractivity contribution is 6.35. The normalized spacial score (nSPS) is 14.7. The van der Waals surface area contributed by atoms with E-state index >= 15 is 0 Å². The van der Waals surface area contributed by atoms with Gasteiger partial charge in [0.25, 0.3) is 5.91 Å². The fourth-order valence-electron chi connectivity index (χ4n) is 3.62. The van der Waals surface area contributed by atoms with Gasteiger partial charge in [-0.05, 0) is 66.8 Å². The van der Waals surface area contributed by atoms with Crippen LogP contribution in [0.3, 0.4) is 0 Å². The standard InChI is InChI=1S/C22H18Cl2FN3O/c1-26-22(29)20-17-4-2-3-14(11-13-5-8-16(25)9-6-13)21(17)28(27-20)19-10-7-15(23)12-18(19)24/h5-12H,2-4H2,1H3,(H,26,29)/b14-11+. The van der Waals surface area contributed by atoms with Crippen LogP contribution in [0, 0.1) is 5.82 Å². The molecule has 7 heteroatoms. The van der Waals surface area contributed by atoms with E-state index in [2.05, 4.69) is 10.4 Å². The summed E-state index contributed by atoms with van der Waals surface area (Å²) in [5, 5.41) is 8.23. The van der Waals surface area contributed by atoms with Gasteiger partial charge in [-0.3, -0.25) is 4.79 Å². The van der Waals surface area contributed by atoms with Gasteiger partial charge in [-0.2, -0.15) is 5.10 Å². The summed E-state index contributed by atoms with van der Waals surface area (Å²) in [6.07, 6.45) is 4.45. The van der Waals surface area contributed by atoms with Crippen LogP contribution in [0.4, 0.5) is 4.39 Å². The molecule has 148 valence electrons. The molecule has 0 unspecified atom stereocenters. The van der Waals surface area contributed by atoms with Crippen molar-refractivity contribution in [3.8, 4) is 5.69 Å². The SMILES string of the molecule is CNC(=O)c1nn(-c2ccc(Cl)cc2Cl)c2c1CCC/C2=C\c1ccc(F)cc1. The summed E-state index contributed by atoms with van der Waals surface area (Å²) in [5.74, 6) is -0.524. The summed E-state index contributed by atoms with van der Waals surface area (Å²) in [6, 6.07) is 11.5. The van der Waals surface area contributed by atoms with Crippen molar-refractivity contribution in [3.63, 3.8) is 0 Å². The van der Waals surface area contributed by atoms with Crippen LogP contribution >= 0.6 is 23.2 Å². The molecule has 1 heterocycles. The van der Waals surface area contributed by atoms with Crippen molar-refractivity contribution in [2.24, 2.45) is 0 Å². The molecule has 4 rings (SSSR count). The molecule has 1 amide bonds. The Kier molecular flexibility index (Phi) is 5.43. The second-order valence-electron chi connectivity index (χ2n) is 6.84. The van der Waals surface area contributed by atoms with Gasteiger partial charge in [0.1, 0.15) is 5.82 Å². The largest absolute Gasteiger partial charge is 0.354 e. The highest BCUT2D eigenvalue weighted by Crippen LogP contribution is 2.37. The second-order valence-corrected chi connectivity index (χ2v) is 7.68. The second kappa shape index (κ2) is 8.01. The molecule has 1 aliphatic rings. The zero-order chi connectivity index (χ0) is 20.5. The monoisotopic (exact) mass is 429 g/mol. The average molecular weight is 430 g/mol. The van der Waals surface area contributed by atoms with Crippen molar-refractivity contribution in [1.82, 2.24) is 15.1 Å². The van der Waals surface area contributed by atoms with Gasteiger partial charge in [0, 0.05) is 17.6 Å². The fraction of sp³-hybridized carbons (Fsp3) is 0.182. The number of nitrogens with one attached hydrogen (secondary N) is 1. The maximum Gasteiger partial charge on any atom is 0.271 e. The van der Waals surface area contributed by atoms with Gasteiger partial charge in [-0.15, -0.1) is 0 Å². The lowest BCUT2D eigenvalue weighted by atomic mass is 9.89. The Morgan fingerprint density at radius 1 is 1.17 bits per heavy atom. The topological polar surface area (TPSA) is 46.9 Å². The molecule has 0 radical (unpaired) electrons. The third-order valence-electron chi connectivity index (χ3n) is 4.95. The van der Waals surface area contributed by atoms with Crippen LogP contribution < -0.4 is 5.32 Å². The summed E-state index contributed by atoms with van der Waals surface area (Å²) in [4.78, 5) is 12.5. The number of hydrogen-bond acceptors (Lipinski definition) is 2. The molecule has 4 nitrogen and oxygen atoms in total. The zero-order valence-electron chi connectivity index (χ0n) is 15.7. The maximum absolute atomic E-state index is 13.3. The Labute approximate surface area is 177 Å². The van der Waals surface area contributed by atoms with Crippen LogP contribution in [0.25, 0.3) is 17.3 Å². The third-order valence-corrected chi connectivity index (χ3v) is 5.49. The number of benzene rings is 2. The van der Waals surface area contributed by atoms with Crippen LogP contribution in [0.15, 0.2) is 42.5 Å². The molecule has 0 aliphatic heterocycles. The fourth-order valence-corrected chi connectivity index (χ4v) is 4.11. The summed E-state index contributed by atoms with van der Waals surface area (Å²) < 4.78 is 15.0. The number of rotatable bonds is 3. The molecule has 0 fully saturated rings. The van der Waals surface area contributed by atoms with Crippen molar-refractivity contribution in [2.75, 3.05) is 7.05 Å². The van der Waals surface area contributed by atoms with E-state index in [4.69, 9.17) is 23.2 Å². The summed E-state index contributed by atoms with van der Waals surface area (Å²) in [5.41, 5.74) is 4.67. The van der Waals surface area contributed by atoms with E-state index in [0.717, 1.165) is 41.7 Å². The maximum atomic E-state index is 13.3. The van der Waals surface area contributed by atoms with Gasteiger partial charge in [0.05, 0.1) is 16.4 Å². The smallest absolute Gasteiger partial charge is 0.271 e. The van der Waals surface area contributed by atoms with Crippen molar-refractivity contribution in [1.29, 1.82) is 0 Å². The summed E-state index contributed by atoms with van der Waals surface area (Å²) in [7, 11) is 1.58. The first-order valence-electron chi connectivity index (χ1n) is 9.24. The number of allylic oxidation sites excluding steroid dienone is 1. The summed E-state index contributed by atoms with van der Waals surface area (Å²) >= 11 is 12.5. The van der Waals surface area contributed by atoms with E-state index < -0.39 is 0 Å². The number of nitrogens with zero attached hydrogens (tertiary/aromatic N) is 2. The number of carbonyl (C=O) groups is 1. The van der Waals surface area contributed by atoms with Crippen molar-refractivity contribution >= 4 is 40.8 Å². The van der Waals surface area contributed by atoms with Gasteiger partial charge in [-0.25, -0.2) is 9.07 Å². The Bertz CT molecular complexity index is 1120. The minimum Gasteiger partial charge on any atom is -0.354 e. The van der Waals surface area contributed by atoms with Crippen molar-refractivity contribution < 1.29 is 9.18 Å². The van der Waals surface area contributed by atoms with E-state index in [1.165, 1.54) is 12.1 Å². The molecule has 29 heavy (non-hydrogen) atoms. The number of halogens is 3. The Hall–Kier alpha value is -2.63. The predicted octanol–water partition coefficient (Wildman–Crippen LogP) is 5.55. The molecule has 0 spiro atoms. The molecule has 1 aromatic heterocycles. The molecule has 0 atom stereocenters. The molecule has 0 saturated heterocycles. The molecule has 3 aromatic rings. The van der Waals surface area contributed by atoms with Gasteiger partial charge in [0.15, 0.2) is 5.69 Å². The van der Waals surface area contributed by atoms with Gasteiger partial charge < -0.3 is 5.32 Å².